The van der Waals surface area contributed by atoms with E-state index in [9.17, 15) is 22.8 Å². The second-order valence-corrected chi connectivity index (χ2v) is 10.5. The molecule has 0 aliphatic rings. The molecule has 0 aliphatic carbocycles. The minimum Gasteiger partial charge on any atom is -0.465 e. The average Bonchev–Trinajstić information content (AvgIpc) is 3.03. The number of ether oxygens (including phenoxy) is 2. The van der Waals surface area contributed by atoms with E-state index in [0.717, 1.165) is 14.2 Å². The number of hydrogen-bond donors (Lipinski definition) is 2. The highest BCUT2D eigenvalue weighted by Gasteiger charge is 2.32. The molecular weight excluding hydrogens is 444 g/mol. The van der Waals surface area contributed by atoms with Crippen molar-refractivity contribution in [3.8, 4) is 0 Å². The molecule has 2 aromatic rings. The molecule has 0 saturated carbocycles. The Morgan fingerprint density at radius 2 is 1.52 bits per heavy atom. The number of amides is 1. The van der Waals surface area contributed by atoms with E-state index in [0.29, 0.717) is 16.9 Å². The van der Waals surface area contributed by atoms with Crippen LogP contribution in [0.3, 0.4) is 0 Å². The molecule has 0 fully saturated rings. The summed E-state index contributed by atoms with van der Waals surface area (Å²) in [6.07, 6.45) is 0. The van der Waals surface area contributed by atoms with E-state index in [1.807, 2.05) is 20.8 Å². The predicted molar refractivity (Wildman–Crippen MR) is 116 cm³/mol. The number of esters is 2. The topological polar surface area (TPSA) is 128 Å². The summed E-state index contributed by atoms with van der Waals surface area (Å²) >= 11 is 0.613. The number of benzene rings is 1. The summed E-state index contributed by atoms with van der Waals surface area (Å²) in [5, 5.41) is 2.81. The number of hydrogen-bond acceptors (Lipinski definition) is 8. The molecular formula is C20H24N2O7S2. The molecule has 1 aromatic heterocycles. The van der Waals surface area contributed by atoms with E-state index in [4.69, 9.17) is 4.74 Å². The van der Waals surface area contributed by atoms with Crippen molar-refractivity contribution < 1.29 is 32.3 Å². The molecule has 31 heavy (non-hydrogen) atoms. The van der Waals surface area contributed by atoms with Crippen LogP contribution in [0.5, 0.6) is 0 Å². The van der Waals surface area contributed by atoms with E-state index in [1.54, 1.807) is 0 Å². The lowest BCUT2D eigenvalue weighted by Crippen LogP contribution is -2.40. The van der Waals surface area contributed by atoms with Crippen LogP contribution in [0.15, 0.2) is 28.5 Å². The van der Waals surface area contributed by atoms with E-state index in [-0.39, 0.29) is 31.8 Å². The Balaban J connectivity index is 2.39. The van der Waals surface area contributed by atoms with Crippen molar-refractivity contribution in [3.05, 3.63) is 45.8 Å². The summed E-state index contributed by atoms with van der Waals surface area (Å²) in [5.74, 6) is -1.95. The van der Waals surface area contributed by atoms with Gasteiger partial charge in [-0.15, -0.1) is 11.3 Å². The highest BCUT2D eigenvalue weighted by Crippen LogP contribution is 2.34. The van der Waals surface area contributed by atoms with Crippen molar-refractivity contribution in [1.29, 1.82) is 0 Å². The monoisotopic (exact) mass is 468 g/mol. The van der Waals surface area contributed by atoms with Crippen LogP contribution in [0.2, 0.25) is 0 Å². The zero-order chi connectivity index (χ0) is 23.6. The lowest BCUT2D eigenvalue weighted by molar-refractivity contribution is 0.0596. The highest BCUT2D eigenvalue weighted by molar-refractivity contribution is 7.94. The minimum absolute atomic E-state index is 0.0162. The Bertz CT molecular complexity index is 1110. The summed E-state index contributed by atoms with van der Waals surface area (Å²) in [5.41, 5.74) is 0.0254. The van der Waals surface area contributed by atoms with Crippen molar-refractivity contribution in [3.63, 3.8) is 0 Å². The largest absolute Gasteiger partial charge is 0.465 e. The van der Waals surface area contributed by atoms with Gasteiger partial charge in [-0.3, -0.25) is 9.52 Å². The van der Waals surface area contributed by atoms with Crippen molar-refractivity contribution >= 4 is 44.9 Å². The molecule has 0 aliphatic heterocycles. The van der Waals surface area contributed by atoms with Gasteiger partial charge in [0.05, 0.1) is 19.8 Å². The summed E-state index contributed by atoms with van der Waals surface area (Å²) < 4.78 is 37.3. The van der Waals surface area contributed by atoms with Gasteiger partial charge in [-0.05, 0) is 57.5 Å². The van der Waals surface area contributed by atoms with Gasteiger partial charge in [0.2, 0.25) is 0 Å². The molecule has 0 atom stereocenters. The van der Waals surface area contributed by atoms with Crippen LogP contribution >= 0.6 is 11.3 Å². The third kappa shape index (κ3) is 5.61. The van der Waals surface area contributed by atoms with Gasteiger partial charge in [0, 0.05) is 16.8 Å². The number of methoxy groups -OCH3 is 2. The fourth-order valence-electron chi connectivity index (χ4n) is 2.61. The number of sulfonamides is 1. The summed E-state index contributed by atoms with van der Waals surface area (Å²) in [4.78, 5) is 36.4. The molecule has 0 unspecified atom stereocenters. The number of carbonyl (C=O) groups excluding carboxylic acids is 3. The Kier molecular flexibility index (Phi) is 7.12. The van der Waals surface area contributed by atoms with E-state index in [2.05, 4.69) is 14.8 Å². The summed E-state index contributed by atoms with van der Waals surface area (Å²) in [6.45, 7) is 6.98. The maximum absolute atomic E-state index is 13.0. The minimum atomic E-state index is -4.25. The van der Waals surface area contributed by atoms with Crippen LogP contribution in [0, 0.1) is 6.92 Å². The van der Waals surface area contributed by atoms with Gasteiger partial charge in [-0.1, -0.05) is 0 Å². The zero-order valence-corrected chi connectivity index (χ0v) is 19.6. The van der Waals surface area contributed by atoms with Crippen molar-refractivity contribution in [1.82, 2.24) is 5.32 Å². The molecule has 1 heterocycles. The van der Waals surface area contributed by atoms with Gasteiger partial charge >= 0.3 is 11.9 Å². The van der Waals surface area contributed by atoms with E-state index in [1.165, 1.54) is 31.2 Å². The SMILES string of the molecule is COC(=O)c1sc(S(=O)(=O)Nc2ccc(C(=O)NC(C)(C)C)cc2)c(C(=O)OC)c1C. The molecule has 0 bridgehead atoms. The predicted octanol–water partition coefficient (Wildman–Crippen LogP) is 2.96. The fourth-order valence-corrected chi connectivity index (χ4v) is 5.41. The number of anilines is 1. The normalized spacial score (nSPS) is 11.5. The molecule has 0 saturated heterocycles. The van der Waals surface area contributed by atoms with Crippen molar-refractivity contribution in [2.45, 2.75) is 37.4 Å². The van der Waals surface area contributed by atoms with Gasteiger partial charge in [0.25, 0.3) is 15.9 Å². The number of carbonyl (C=O) groups is 3. The Labute approximate surface area is 184 Å². The molecule has 2 rings (SSSR count). The first kappa shape index (κ1) is 24.4. The van der Waals surface area contributed by atoms with Crippen molar-refractivity contribution in [2.75, 3.05) is 18.9 Å². The number of rotatable bonds is 6. The van der Waals surface area contributed by atoms with Crippen LogP contribution in [-0.4, -0.2) is 46.0 Å². The van der Waals surface area contributed by atoms with Crippen LogP contribution in [0.1, 0.15) is 56.7 Å². The lowest BCUT2D eigenvalue weighted by atomic mass is 10.1. The van der Waals surface area contributed by atoms with Gasteiger partial charge in [-0.25, -0.2) is 18.0 Å². The van der Waals surface area contributed by atoms with Gasteiger partial charge < -0.3 is 14.8 Å². The first-order chi connectivity index (χ1) is 14.3. The van der Waals surface area contributed by atoms with E-state index >= 15 is 0 Å². The van der Waals surface area contributed by atoms with Crippen LogP contribution in [0.4, 0.5) is 5.69 Å². The molecule has 0 radical (unpaired) electrons. The highest BCUT2D eigenvalue weighted by atomic mass is 32.2. The second kappa shape index (κ2) is 9.06. The maximum Gasteiger partial charge on any atom is 0.348 e. The van der Waals surface area contributed by atoms with Crippen LogP contribution in [0.25, 0.3) is 0 Å². The quantitative estimate of drug-likeness (QED) is 0.624. The summed E-state index contributed by atoms with van der Waals surface area (Å²) in [7, 11) is -1.98. The lowest BCUT2D eigenvalue weighted by Gasteiger charge is -2.20. The smallest absolute Gasteiger partial charge is 0.348 e. The average molecular weight is 469 g/mol. The molecule has 1 amide bonds. The Morgan fingerprint density at radius 3 is 2.00 bits per heavy atom. The number of thiophene rings is 1. The molecule has 168 valence electrons. The summed E-state index contributed by atoms with van der Waals surface area (Å²) in [6, 6.07) is 5.79. The third-order valence-electron chi connectivity index (χ3n) is 4.01. The van der Waals surface area contributed by atoms with Crippen LogP contribution in [-0.2, 0) is 19.5 Å². The third-order valence-corrected chi connectivity index (χ3v) is 7.18. The van der Waals surface area contributed by atoms with Crippen LogP contribution < -0.4 is 10.0 Å². The Morgan fingerprint density at radius 1 is 0.968 bits per heavy atom. The second-order valence-electron chi connectivity index (χ2n) is 7.59. The molecule has 1 aromatic carbocycles. The molecule has 2 N–H and O–H groups in total. The standard InChI is InChI=1S/C20H24N2O7S2/c1-11-14(17(24)28-5)19(30-15(11)18(25)29-6)31(26,27)22-13-9-7-12(8-10-13)16(23)21-20(2,3)4/h7-10,22H,1-6H3,(H,21,23). The fraction of sp³-hybridized carbons (Fsp3) is 0.350. The molecule has 11 heteroatoms. The first-order valence-electron chi connectivity index (χ1n) is 9.06. The zero-order valence-electron chi connectivity index (χ0n) is 18.0. The molecule has 0 spiro atoms. The molecule has 9 nitrogen and oxygen atoms in total. The number of nitrogens with one attached hydrogen (secondary N) is 2. The van der Waals surface area contributed by atoms with Crippen molar-refractivity contribution in [2.24, 2.45) is 0 Å². The van der Waals surface area contributed by atoms with E-state index < -0.39 is 27.5 Å². The first-order valence-corrected chi connectivity index (χ1v) is 11.4. The van der Waals surface area contributed by atoms with Gasteiger partial charge in [-0.2, -0.15) is 0 Å². The van der Waals surface area contributed by atoms with Gasteiger partial charge in [0.1, 0.15) is 4.88 Å². The maximum atomic E-state index is 13.0. The van der Waals surface area contributed by atoms with Gasteiger partial charge in [0.15, 0.2) is 4.21 Å². The Hall–Kier alpha value is -2.92.